The van der Waals surface area contributed by atoms with Gasteiger partial charge in [0.15, 0.2) is 0 Å². The number of nitrogens with zero attached hydrogens (tertiary/aromatic N) is 1. The van der Waals surface area contributed by atoms with Crippen LogP contribution in [0.2, 0.25) is 0 Å². The maximum absolute atomic E-state index is 12.9. The van der Waals surface area contributed by atoms with Gasteiger partial charge in [-0.3, -0.25) is 4.79 Å². The van der Waals surface area contributed by atoms with E-state index >= 15 is 0 Å². The van der Waals surface area contributed by atoms with Crippen molar-refractivity contribution in [2.45, 2.75) is 5.92 Å². The number of hydrogen-bond acceptors (Lipinski definition) is 3. The molecule has 1 heterocycles. The van der Waals surface area contributed by atoms with Crippen LogP contribution in [0.15, 0.2) is 77.9 Å². The summed E-state index contributed by atoms with van der Waals surface area (Å²) in [4.78, 5) is 12.9. The van der Waals surface area contributed by atoms with Crippen LogP contribution in [-0.2, 0) is 0 Å². The summed E-state index contributed by atoms with van der Waals surface area (Å²) in [6.07, 6.45) is 0. The summed E-state index contributed by atoms with van der Waals surface area (Å²) in [6.45, 7) is 0.665. The average Bonchev–Trinajstić information content (AvgIpc) is 3.11. The normalized spacial score (nSPS) is 16.9. The van der Waals surface area contributed by atoms with Gasteiger partial charge in [0, 0.05) is 12.1 Å². The lowest BCUT2D eigenvalue weighted by Crippen LogP contribution is -2.21. The average molecular weight is 300 g/mol. The Labute approximate surface area is 134 Å². The van der Waals surface area contributed by atoms with Crippen LogP contribution in [-0.4, -0.2) is 18.0 Å². The third-order valence-corrected chi connectivity index (χ3v) is 4.27. The van der Waals surface area contributed by atoms with Crippen LogP contribution in [0.4, 0.5) is 0 Å². The van der Waals surface area contributed by atoms with Crippen molar-refractivity contribution in [2.24, 2.45) is 5.10 Å². The first-order chi connectivity index (χ1) is 11.3. The molecule has 0 spiro atoms. The van der Waals surface area contributed by atoms with Crippen molar-refractivity contribution < 1.29 is 4.79 Å². The van der Waals surface area contributed by atoms with E-state index in [9.17, 15) is 4.79 Å². The van der Waals surface area contributed by atoms with Gasteiger partial charge in [-0.1, -0.05) is 66.7 Å². The number of Topliss-reactive ketones (excluding diaryl/α,β-unsaturated/α-hetero) is 1. The topological polar surface area (TPSA) is 41.5 Å². The van der Waals surface area contributed by atoms with Gasteiger partial charge in [-0.15, -0.1) is 0 Å². The number of hydrazone groups is 1. The summed E-state index contributed by atoms with van der Waals surface area (Å²) in [5, 5.41) is 6.47. The molecule has 0 aromatic heterocycles. The van der Waals surface area contributed by atoms with Crippen LogP contribution in [0.5, 0.6) is 0 Å². The fourth-order valence-corrected chi connectivity index (χ4v) is 3.05. The van der Waals surface area contributed by atoms with Gasteiger partial charge in [-0.2, -0.15) is 5.10 Å². The highest BCUT2D eigenvalue weighted by Crippen LogP contribution is 2.24. The largest absolute Gasteiger partial charge is 0.309 e. The number of carbonyl (C=O) groups is 1. The number of nitrogens with one attached hydrogen (secondary N) is 1. The second-order valence-electron chi connectivity index (χ2n) is 5.71. The summed E-state index contributed by atoms with van der Waals surface area (Å²) in [7, 11) is 0. The molecule has 23 heavy (non-hydrogen) atoms. The summed E-state index contributed by atoms with van der Waals surface area (Å²) >= 11 is 0. The molecular formula is C20H16N2O. The van der Waals surface area contributed by atoms with Crippen molar-refractivity contribution in [1.82, 2.24) is 5.43 Å². The Bertz CT molecular complexity index is 900. The van der Waals surface area contributed by atoms with Crippen LogP contribution in [0.25, 0.3) is 10.8 Å². The van der Waals surface area contributed by atoms with Gasteiger partial charge < -0.3 is 5.43 Å². The van der Waals surface area contributed by atoms with Crippen molar-refractivity contribution in [3.05, 3.63) is 83.9 Å². The molecule has 3 heteroatoms. The fraction of sp³-hybridized carbons (Fsp3) is 0.100. The Hall–Kier alpha value is -2.94. The summed E-state index contributed by atoms with van der Waals surface area (Å²) < 4.78 is 0. The van der Waals surface area contributed by atoms with E-state index in [1.165, 1.54) is 0 Å². The van der Waals surface area contributed by atoms with Crippen LogP contribution >= 0.6 is 0 Å². The Balaban J connectivity index is 1.69. The van der Waals surface area contributed by atoms with E-state index < -0.39 is 0 Å². The monoisotopic (exact) mass is 300 g/mol. The number of benzene rings is 3. The summed E-state index contributed by atoms with van der Waals surface area (Å²) in [5.41, 5.74) is 5.37. The van der Waals surface area contributed by atoms with Crippen LogP contribution in [0, 0.1) is 0 Å². The molecule has 0 saturated heterocycles. The first-order valence-corrected chi connectivity index (χ1v) is 7.72. The summed E-state index contributed by atoms with van der Waals surface area (Å²) in [6, 6.07) is 23.9. The highest BCUT2D eigenvalue weighted by atomic mass is 16.1. The Kier molecular flexibility index (Phi) is 3.39. The van der Waals surface area contributed by atoms with Gasteiger partial charge in [-0.25, -0.2) is 0 Å². The molecule has 1 aliphatic heterocycles. The minimum atomic E-state index is -0.00499. The smallest absolute Gasteiger partial charge is 0.209 e. The molecule has 4 rings (SSSR count). The van der Waals surface area contributed by atoms with E-state index in [2.05, 4.69) is 10.5 Å². The molecule has 1 atom stereocenters. The zero-order chi connectivity index (χ0) is 15.6. The molecule has 0 unspecified atom stereocenters. The molecule has 1 N–H and O–H groups in total. The van der Waals surface area contributed by atoms with Crippen molar-refractivity contribution in [2.75, 3.05) is 6.54 Å². The fourth-order valence-electron chi connectivity index (χ4n) is 3.05. The van der Waals surface area contributed by atoms with E-state index in [0.29, 0.717) is 17.8 Å². The highest BCUT2D eigenvalue weighted by Gasteiger charge is 2.29. The summed E-state index contributed by atoms with van der Waals surface area (Å²) in [5.74, 6) is 0.00442. The third kappa shape index (κ3) is 2.50. The standard InChI is InChI=1S/C20H16N2O/c23-20(17-11-10-14-6-4-5-9-16(14)12-17)19-18(13-21-22-19)15-7-2-1-3-8-15/h1-12,18,21H,13H2/t18-/m0/s1. The quantitative estimate of drug-likeness (QED) is 0.748. The maximum atomic E-state index is 12.9. The first-order valence-electron chi connectivity index (χ1n) is 7.72. The third-order valence-electron chi connectivity index (χ3n) is 4.27. The van der Waals surface area contributed by atoms with Gasteiger partial charge in [0.25, 0.3) is 0 Å². The lowest BCUT2D eigenvalue weighted by Gasteiger charge is -2.11. The molecule has 3 aromatic carbocycles. The molecule has 0 saturated carbocycles. The lowest BCUT2D eigenvalue weighted by molar-refractivity contribution is 0.106. The van der Waals surface area contributed by atoms with Crippen molar-refractivity contribution in [3.63, 3.8) is 0 Å². The minimum absolute atomic E-state index is 0.00499. The van der Waals surface area contributed by atoms with Crippen LogP contribution in [0.1, 0.15) is 21.8 Å². The van der Waals surface area contributed by atoms with Gasteiger partial charge in [0.05, 0.1) is 5.92 Å². The zero-order valence-electron chi connectivity index (χ0n) is 12.6. The van der Waals surface area contributed by atoms with Crippen LogP contribution < -0.4 is 5.43 Å². The van der Waals surface area contributed by atoms with Gasteiger partial charge >= 0.3 is 0 Å². The molecule has 0 amide bonds. The molecule has 1 aliphatic rings. The number of hydrogen-bond donors (Lipinski definition) is 1. The molecule has 0 bridgehead atoms. The van der Waals surface area contributed by atoms with Gasteiger partial charge in [0.2, 0.25) is 5.78 Å². The van der Waals surface area contributed by atoms with E-state index in [1.54, 1.807) is 0 Å². The van der Waals surface area contributed by atoms with Crippen molar-refractivity contribution >= 4 is 22.3 Å². The molecule has 3 nitrogen and oxygen atoms in total. The Morgan fingerprint density at radius 2 is 1.65 bits per heavy atom. The van der Waals surface area contributed by atoms with E-state index in [4.69, 9.17) is 0 Å². The second kappa shape index (κ2) is 5.69. The van der Waals surface area contributed by atoms with Crippen LogP contribution in [0.3, 0.4) is 0 Å². The predicted molar refractivity (Wildman–Crippen MR) is 92.9 cm³/mol. The molecular weight excluding hydrogens is 284 g/mol. The minimum Gasteiger partial charge on any atom is -0.309 e. The van der Waals surface area contributed by atoms with Gasteiger partial charge in [0.1, 0.15) is 5.71 Å². The lowest BCUT2D eigenvalue weighted by atomic mass is 9.90. The molecule has 3 aromatic rings. The number of carbonyl (C=O) groups excluding carboxylic acids is 1. The molecule has 112 valence electrons. The van der Waals surface area contributed by atoms with Crippen molar-refractivity contribution in [1.29, 1.82) is 0 Å². The number of rotatable bonds is 3. The van der Waals surface area contributed by atoms with E-state index in [-0.39, 0.29) is 11.7 Å². The molecule has 0 radical (unpaired) electrons. The van der Waals surface area contributed by atoms with Crippen molar-refractivity contribution in [3.8, 4) is 0 Å². The first kappa shape index (κ1) is 13.7. The SMILES string of the molecule is O=C(C1=NNC[C@H]1c1ccccc1)c1ccc2ccccc2c1. The number of ketones is 1. The van der Waals surface area contributed by atoms with Gasteiger partial charge in [-0.05, 0) is 22.4 Å². The van der Waals surface area contributed by atoms with E-state index in [1.807, 2.05) is 72.8 Å². The second-order valence-corrected chi connectivity index (χ2v) is 5.71. The maximum Gasteiger partial charge on any atom is 0.209 e. The zero-order valence-corrected chi connectivity index (χ0v) is 12.6. The molecule has 0 aliphatic carbocycles. The highest BCUT2D eigenvalue weighted by molar-refractivity contribution is 6.48. The Morgan fingerprint density at radius 3 is 2.48 bits per heavy atom. The Morgan fingerprint density at radius 1 is 0.913 bits per heavy atom. The van der Waals surface area contributed by atoms with E-state index in [0.717, 1.165) is 16.3 Å². The number of fused-ring (bicyclic) bond motifs is 1. The predicted octanol–water partition coefficient (Wildman–Crippen LogP) is 3.77. The molecule has 0 fully saturated rings.